The Labute approximate surface area is 222 Å². The zero-order chi connectivity index (χ0) is 27.7. The molecule has 0 aliphatic carbocycles. The molecule has 0 unspecified atom stereocenters. The van der Waals surface area contributed by atoms with Gasteiger partial charge in [0, 0.05) is 18.7 Å². The van der Waals surface area contributed by atoms with Gasteiger partial charge in [0.15, 0.2) is 0 Å². The number of piperidine rings is 1. The first-order chi connectivity index (χ1) is 18.1. The molecule has 0 spiro atoms. The highest BCUT2D eigenvalue weighted by molar-refractivity contribution is 6.04. The molecule has 0 saturated carbocycles. The minimum atomic E-state index is -0.842. The van der Waals surface area contributed by atoms with Crippen LogP contribution in [0.4, 0.5) is 14.4 Å². The van der Waals surface area contributed by atoms with E-state index >= 15 is 0 Å². The maximum Gasteiger partial charge on any atom is 0.426 e. The van der Waals surface area contributed by atoms with Crippen molar-refractivity contribution in [1.29, 1.82) is 0 Å². The second-order valence-electron chi connectivity index (χ2n) is 9.73. The van der Waals surface area contributed by atoms with Crippen molar-refractivity contribution in [3.8, 4) is 5.75 Å². The van der Waals surface area contributed by atoms with Crippen LogP contribution in [0.2, 0.25) is 0 Å². The molecule has 1 fully saturated rings. The van der Waals surface area contributed by atoms with E-state index in [9.17, 15) is 19.2 Å². The van der Waals surface area contributed by atoms with Crippen molar-refractivity contribution in [2.75, 3.05) is 20.2 Å². The summed E-state index contributed by atoms with van der Waals surface area (Å²) in [6, 6.07) is 14.4. The molecule has 0 radical (unpaired) electrons. The van der Waals surface area contributed by atoms with Crippen molar-refractivity contribution in [3.05, 3.63) is 65.7 Å². The Morgan fingerprint density at radius 1 is 1.00 bits per heavy atom. The lowest BCUT2D eigenvalue weighted by Crippen LogP contribution is -2.59. The summed E-state index contributed by atoms with van der Waals surface area (Å²) >= 11 is 0. The second kappa shape index (κ2) is 12.8. The number of imide groups is 1. The third-order valence-corrected chi connectivity index (χ3v) is 5.67. The Bertz CT molecular complexity index is 1130. The van der Waals surface area contributed by atoms with Crippen molar-refractivity contribution in [1.82, 2.24) is 20.7 Å². The molecule has 1 saturated heterocycles. The summed E-state index contributed by atoms with van der Waals surface area (Å²) in [5.74, 6) is -0.202. The van der Waals surface area contributed by atoms with Gasteiger partial charge in [-0.15, -0.1) is 0 Å². The predicted octanol–water partition coefficient (Wildman–Crippen LogP) is 4.09. The van der Waals surface area contributed by atoms with Gasteiger partial charge in [-0.3, -0.25) is 10.1 Å². The first-order valence-corrected chi connectivity index (χ1v) is 12.3. The van der Waals surface area contributed by atoms with Crippen LogP contribution in [0.25, 0.3) is 0 Å². The largest absolute Gasteiger partial charge is 0.497 e. The van der Waals surface area contributed by atoms with E-state index in [-0.39, 0.29) is 12.2 Å². The van der Waals surface area contributed by atoms with E-state index in [1.165, 1.54) is 19.2 Å². The van der Waals surface area contributed by atoms with E-state index in [0.29, 0.717) is 31.7 Å². The predicted molar refractivity (Wildman–Crippen MR) is 138 cm³/mol. The number of methoxy groups -OCH3 is 1. The Kier molecular flexibility index (Phi) is 9.53. The van der Waals surface area contributed by atoms with Gasteiger partial charge >= 0.3 is 18.2 Å². The summed E-state index contributed by atoms with van der Waals surface area (Å²) in [4.78, 5) is 52.5. The van der Waals surface area contributed by atoms with Crippen LogP contribution in [0.3, 0.4) is 0 Å². The molecule has 0 bridgehead atoms. The number of nitrogens with zero attached hydrogens (tertiary/aromatic N) is 2. The van der Waals surface area contributed by atoms with Crippen molar-refractivity contribution in [2.24, 2.45) is 0 Å². The molecule has 0 aromatic heterocycles. The normalized spacial score (nSPS) is 13.7. The summed E-state index contributed by atoms with van der Waals surface area (Å²) in [7, 11) is 1.47. The fourth-order valence-corrected chi connectivity index (χ4v) is 3.82. The molecule has 2 N–H and O–H groups in total. The lowest BCUT2D eigenvalue weighted by molar-refractivity contribution is 0.0238. The number of hydrazine groups is 1. The Hall–Kier alpha value is -4.28. The fraction of sp³-hybridized carbons (Fsp3) is 0.407. The van der Waals surface area contributed by atoms with E-state index in [2.05, 4.69) is 10.7 Å². The Balaban J connectivity index is 1.64. The lowest BCUT2D eigenvalue weighted by Gasteiger charge is -2.37. The molecule has 1 aliphatic heterocycles. The van der Waals surface area contributed by atoms with E-state index in [1.807, 2.05) is 30.3 Å². The van der Waals surface area contributed by atoms with Gasteiger partial charge in [-0.2, -0.15) is 0 Å². The van der Waals surface area contributed by atoms with Gasteiger partial charge < -0.3 is 19.1 Å². The fourth-order valence-electron chi connectivity index (χ4n) is 3.82. The van der Waals surface area contributed by atoms with Gasteiger partial charge in [0.1, 0.15) is 18.0 Å². The van der Waals surface area contributed by atoms with Crippen molar-refractivity contribution in [3.63, 3.8) is 0 Å². The smallest absolute Gasteiger partial charge is 0.426 e. The number of nitrogens with one attached hydrogen (secondary N) is 2. The summed E-state index contributed by atoms with van der Waals surface area (Å²) in [5, 5.41) is 3.36. The second-order valence-corrected chi connectivity index (χ2v) is 9.73. The molecule has 11 nitrogen and oxygen atoms in total. The average molecular weight is 527 g/mol. The van der Waals surface area contributed by atoms with Gasteiger partial charge in [0.25, 0.3) is 5.91 Å². The summed E-state index contributed by atoms with van der Waals surface area (Å²) in [6.45, 7) is 5.83. The van der Waals surface area contributed by atoms with Crippen LogP contribution in [0.15, 0.2) is 54.6 Å². The number of likely N-dealkylation sites (tertiary alicyclic amines) is 1. The monoisotopic (exact) mass is 526 g/mol. The van der Waals surface area contributed by atoms with Crippen LogP contribution < -0.4 is 15.5 Å². The number of urea groups is 1. The molecule has 5 amide bonds. The molecule has 38 heavy (non-hydrogen) atoms. The third kappa shape index (κ3) is 8.39. The third-order valence-electron chi connectivity index (χ3n) is 5.67. The molecule has 0 atom stereocenters. The van der Waals surface area contributed by atoms with E-state index in [0.717, 1.165) is 10.6 Å². The summed E-state index contributed by atoms with van der Waals surface area (Å²) in [5.41, 5.74) is 2.75. The first-order valence-electron chi connectivity index (χ1n) is 12.3. The number of hydrogen-bond donors (Lipinski definition) is 2. The maximum absolute atomic E-state index is 13.1. The van der Waals surface area contributed by atoms with Crippen LogP contribution in [0, 0.1) is 0 Å². The van der Waals surface area contributed by atoms with Crippen LogP contribution in [0.1, 0.15) is 49.5 Å². The Morgan fingerprint density at radius 3 is 2.32 bits per heavy atom. The SMILES string of the molecule is COc1cccc(C(=O)NC(=O)N(NC(=O)OC(C)(C)C)C2CCN(C(=O)OCc3ccccc3)CC2)c1. The van der Waals surface area contributed by atoms with Crippen LogP contribution >= 0.6 is 0 Å². The topological polar surface area (TPSA) is 127 Å². The highest BCUT2D eigenvalue weighted by Gasteiger charge is 2.33. The van der Waals surface area contributed by atoms with Gasteiger partial charge in [-0.1, -0.05) is 36.4 Å². The zero-order valence-electron chi connectivity index (χ0n) is 22.1. The van der Waals surface area contributed by atoms with Gasteiger partial charge in [-0.25, -0.2) is 24.8 Å². The summed E-state index contributed by atoms with van der Waals surface area (Å²) in [6.07, 6.45) is -0.614. The number of benzene rings is 2. The number of hydrogen-bond acceptors (Lipinski definition) is 7. The molecule has 204 valence electrons. The first kappa shape index (κ1) is 28.3. The highest BCUT2D eigenvalue weighted by atomic mass is 16.6. The minimum Gasteiger partial charge on any atom is -0.497 e. The van der Waals surface area contributed by atoms with E-state index < -0.39 is 35.8 Å². The Morgan fingerprint density at radius 2 is 1.68 bits per heavy atom. The minimum absolute atomic E-state index is 0.153. The van der Waals surface area contributed by atoms with Crippen molar-refractivity contribution in [2.45, 2.75) is 51.9 Å². The zero-order valence-corrected chi connectivity index (χ0v) is 22.1. The lowest BCUT2D eigenvalue weighted by atomic mass is 10.1. The average Bonchev–Trinajstić information content (AvgIpc) is 2.90. The maximum atomic E-state index is 13.1. The van der Waals surface area contributed by atoms with Crippen LogP contribution in [-0.2, 0) is 16.1 Å². The number of carbonyl (C=O) groups is 4. The molecule has 1 heterocycles. The molecule has 11 heteroatoms. The number of carbonyl (C=O) groups excluding carboxylic acids is 4. The number of ether oxygens (including phenoxy) is 3. The van der Waals surface area contributed by atoms with Crippen LogP contribution in [-0.4, -0.2) is 65.9 Å². The number of amides is 5. The van der Waals surface area contributed by atoms with Gasteiger partial charge in [0.05, 0.1) is 13.2 Å². The molecular formula is C27H34N4O7. The van der Waals surface area contributed by atoms with E-state index in [4.69, 9.17) is 14.2 Å². The van der Waals surface area contributed by atoms with Crippen molar-refractivity contribution >= 4 is 24.1 Å². The molecule has 1 aliphatic rings. The molecule has 3 rings (SSSR count). The molecule has 2 aromatic rings. The van der Waals surface area contributed by atoms with Crippen molar-refractivity contribution < 1.29 is 33.4 Å². The van der Waals surface area contributed by atoms with E-state index in [1.54, 1.807) is 37.8 Å². The standard InChI is InChI=1S/C27H34N4O7/c1-27(2,3)38-25(34)29-31(24(33)28-23(32)20-11-8-12-22(17-20)36-4)21-13-15-30(16-14-21)26(35)37-18-19-9-6-5-7-10-19/h5-12,17,21H,13-16,18H2,1-4H3,(H,29,34)(H,28,32,33). The molecule has 2 aromatic carbocycles. The van der Waals surface area contributed by atoms with Gasteiger partial charge in [-0.05, 0) is 57.4 Å². The number of rotatable bonds is 5. The van der Waals surface area contributed by atoms with Gasteiger partial charge in [0.2, 0.25) is 0 Å². The van der Waals surface area contributed by atoms with Crippen LogP contribution in [0.5, 0.6) is 5.75 Å². The quantitative estimate of drug-likeness (QED) is 0.562. The summed E-state index contributed by atoms with van der Waals surface area (Å²) < 4.78 is 15.8. The highest BCUT2D eigenvalue weighted by Crippen LogP contribution is 2.18. The molecular weight excluding hydrogens is 492 g/mol.